The molecular weight excluding hydrogens is 186 g/mol. The summed E-state index contributed by atoms with van der Waals surface area (Å²) in [6.07, 6.45) is 6.87. The Morgan fingerprint density at radius 1 is 1.60 bits per heavy atom. The minimum absolute atomic E-state index is 0.140. The van der Waals surface area contributed by atoms with E-state index in [2.05, 4.69) is 22.0 Å². The molecule has 0 bridgehead atoms. The smallest absolute Gasteiger partial charge is 0.0978 e. The van der Waals surface area contributed by atoms with Crippen LogP contribution < -0.4 is 0 Å². The van der Waals surface area contributed by atoms with Gasteiger partial charge in [-0.05, 0) is 37.4 Å². The van der Waals surface area contributed by atoms with E-state index in [1.807, 2.05) is 12.3 Å². The van der Waals surface area contributed by atoms with E-state index in [1.165, 1.54) is 5.56 Å². The van der Waals surface area contributed by atoms with Gasteiger partial charge in [0, 0.05) is 18.9 Å². The fourth-order valence-corrected chi connectivity index (χ4v) is 2.06. The summed E-state index contributed by atoms with van der Waals surface area (Å²) in [6, 6.07) is 6.55. The van der Waals surface area contributed by atoms with E-state index in [4.69, 9.17) is 5.26 Å². The van der Waals surface area contributed by atoms with Crippen LogP contribution in [0.4, 0.5) is 0 Å². The van der Waals surface area contributed by atoms with E-state index in [1.54, 1.807) is 6.20 Å². The monoisotopic (exact) mass is 201 g/mol. The zero-order valence-corrected chi connectivity index (χ0v) is 8.76. The van der Waals surface area contributed by atoms with Crippen LogP contribution in [0.25, 0.3) is 0 Å². The lowest BCUT2D eigenvalue weighted by atomic mass is 10.2. The number of pyridine rings is 1. The molecule has 0 aromatic carbocycles. The van der Waals surface area contributed by atoms with E-state index in [-0.39, 0.29) is 6.04 Å². The van der Waals surface area contributed by atoms with E-state index >= 15 is 0 Å². The second-order valence-corrected chi connectivity index (χ2v) is 3.93. The Balaban J connectivity index is 1.86. The fourth-order valence-electron chi connectivity index (χ4n) is 2.06. The number of rotatable bonds is 3. The summed E-state index contributed by atoms with van der Waals surface area (Å²) in [5, 5.41) is 8.93. The van der Waals surface area contributed by atoms with Gasteiger partial charge in [0.1, 0.15) is 0 Å². The molecule has 3 heteroatoms. The third-order valence-electron chi connectivity index (χ3n) is 2.92. The van der Waals surface area contributed by atoms with Crippen LogP contribution in [0.5, 0.6) is 0 Å². The summed E-state index contributed by atoms with van der Waals surface area (Å²) in [7, 11) is 0. The molecule has 1 aromatic heterocycles. The number of nitrogens with zero attached hydrogens (tertiary/aromatic N) is 3. The second kappa shape index (κ2) is 4.90. The Bertz CT molecular complexity index is 342. The second-order valence-electron chi connectivity index (χ2n) is 3.93. The summed E-state index contributed by atoms with van der Waals surface area (Å²) < 4.78 is 0. The van der Waals surface area contributed by atoms with Gasteiger partial charge in [-0.3, -0.25) is 9.88 Å². The third-order valence-corrected chi connectivity index (χ3v) is 2.92. The van der Waals surface area contributed by atoms with Crippen molar-refractivity contribution in [1.82, 2.24) is 9.88 Å². The lowest BCUT2D eigenvalue weighted by Gasteiger charge is -2.18. The maximum absolute atomic E-state index is 8.93. The lowest BCUT2D eigenvalue weighted by Crippen LogP contribution is -2.30. The topological polar surface area (TPSA) is 39.9 Å². The highest BCUT2D eigenvalue weighted by Crippen LogP contribution is 2.16. The van der Waals surface area contributed by atoms with Crippen LogP contribution in [0.1, 0.15) is 18.4 Å². The summed E-state index contributed by atoms with van der Waals surface area (Å²) in [6.45, 7) is 2.04. The predicted octanol–water partition coefficient (Wildman–Crippen LogP) is 1.61. The van der Waals surface area contributed by atoms with Gasteiger partial charge in [-0.25, -0.2) is 0 Å². The van der Waals surface area contributed by atoms with Crippen molar-refractivity contribution in [2.75, 3.05) is 13.1 Å². The molecular formula is C12H15N3. The molecule has 0 saturated carbocycles. The minimum Gasteiger partial charge on any atom is -0.288 e. The molecule has 0 N–H and O–H groups in total. The summed E-state index contributed by atoms with van der Waals surface area (Å²) >= 11 is 0. The van der Waals surface area contributed by atoms with Gasteiger partial charge < -0.3 is 0 Å². The molecule has 1 aliphatic heterocycles. The van der Waals surface area contributed by atoms with Gasteiger partial charge in [0.25, 0.3) is 0 Å². The molecule has 1 fully saturated rings. The fraction of sp³-hybridized carbons (Fsp3) is 0.500. The van der Waals surface area contributed by atoms with Gasteiger partial charge in [0.2, 0.25) is 0 Å². The highest BCUT2D eigenvalue weighted by atomic mass is 15.2. The molecule has 0 radical (unpaired) electrons. The van der Waals surface area contributed by atoms with Crippen LogP contribution in [0.15, 0.2) is 24.5 Å². The van der Waals surface area contributed by atoms with Crippen molar-refractivity contribution in [2.24, 2.45) is 0 Å². The molecule has 78 valence electrons. The molecule has 0 aliphatic carbocycles. The minimum atomic E-state index is 0.140. The maximum atomic E-state index is 8.93. The molecule has 1 unspecified atom stereocenters. The number of nitriles is 1. The van der Waals surface area contributed by atoms with Crippen molar-refractivity contribution in [3.05, 3.63) is 30.1 Å². The van der Waals surface area contributed by atoms with Gasteiger partial charge in [0.05, 0.1) is 12.1 Å². The van der Waals surface area contributed by atoms with Gasteiger partial charge in [0.15, 0.2) is 0 Å². The van der Waals surface area contributed by atoms with Crippen molar-refractivity contribution in [3.63, 3.8) is 0 Å². The van der Waals surface area contributed by atoms with Crippen molar-refractivity contribution in [1.29, 1.82) is 5.26 Å². The molecule has 0 amide bonds. The first kappa shape index (κ1) is 10.1. The lowest BCUT2D eigenvalue weighted by molar-refractivity contribution is 0.298. The van der Waals surface area contributed by atoms with E-state index in [9.17, 15) is 0 Å². The predicted molar refractivity (Wildman–Crippen MR) is 58.1 cm³/mol. The van der Waals surface area contributed by atoms with Crippen LogP contribution in [0.3, 0.4) is 0 Å². The number of hydrogen-bond acceptors (Lipinski definition) is 3. The average Bonchev–Trinajstić information content (AvgIpc) is 2.75. The first-order valence-electron chi connectivity index (χ1n) is 5.43. The van der Waals surface area contributed by atoms with Crippen LogP contribution >= 0.6 is 0 Å². The molecule has 15 heavy (non-hydrogen) atoms. The van der Waals surface area contributed by atoms with E-state index in [0.29, 0.717) is 0 Å². The van der Waals surface area contributed by atoms with Crippen molar-refractivity contribution in [2.45, 2.75) is 25.3 Å². The van der Waals surface area contributed by atoms with Gasteiger partial charge in [-0.15, -0.1) is 0 Å². The Kier molecular flexibility index (Phi) is 3.31. The van der Waals surface area contributed by atoms with Crippen LogP contribution in [0, 0.1) is 11.3 Å². The molecule has 1 aromatic rings. The number of hydrogen-bond donors (Lipinski definition) is 0. The summed E-state index contributed by atoms with van der Waals surface area (Å²) in [5.41, 5.74) is 1.25. The molecule has 2 rings (SSSR count). The Morgan fingerprint density at radius 3 is 3.27 bits per heavy atom. The van der Waals surface area contributed by atoms with E-state index < -0.39 is 0 Å². The van der Waals surface area contributed by atoms with Gasteiger partial charge in [-0.2, -0.15) is 5.26 Å². The molecule has 1 saturated heterocycles. The molecule has 2 heterocycles. The molecule has 0 spiro atoms. The Labute approximate surface area is 90.4 Å². The molecule has 1 aliphatic rings. The van der Waals surface area contributed by atoms with Crippen LogP contribution in [-0.2, 0) is 6.42 Å². The van der Waals surface area contributed by atoms with Crippen LogP contribution in [0.2, 0.25) is 0 Å². The zero-order valence-electron chi connectivity index (χ0n) is 8.76. The standard InChI is InChI=1S/C12H15N3/c13-9-12-4-2-7-15(12)8-5-11-3-1-6-14-10-11/h1,3,6,10,12H,2,4-5,7-8H2. The average molecular weight is 201 g/mol. The first-order chi connectivity index (χ1) is 7.40. The zero-order chi connectivity index (χ0) is 10.5. The van der Waals surface area contributed by atoms with Crippen molar-refractivity contribution < 1.29 is 0 Å². The van der Waals surface area contributed by atoms with Crippen LogP contribution in [-0.4, -0.2) is 29.0 Å². The Hall–Kier alpha value is -1.40. The Morgan fingerprint density at radius 2 is 2.53 bits per heavy atom. The normalized spacial score (nSPS) is 21.4. The van der Waals surface area contributed by atoms with E-state index in [0.717, 1.165) is 32.4 Å². The molecule has 3 nitrogen and oxygen atoms in total. The molecule has 1 atom stereocenters. The summed E-state index contributed by atoms with van der Waals surface area (Å²) in [4.78, 5) is 6.36. The highest BCUT2D eigenvalue weighted by molar-refractivity contribution is 5.09. The van der Waals surface area contributed by atoms with Crippen molar-refractivity contribution >= 4 is 0 Å². The third kappa shape index (κ3) is 2.54. The first-order valence-corrected chi connectivity index (χ1v) is 5.43. The van der Waals surface area contributed by atoms with Gasteiger partial charge >= 0.3 is 0 Å². The highest BCUT2D eigenvalue weighted by Gasteiger charge is 2.23. The number of aromatic nitrogens is 1. The van der Waals surface area contributed by atoms with Gasteiger partial charge in [-0.1, -0.05) is 6.07 Å². The SMILES string of the molecule is N#CC1CCCN1CCc1cccnc1. The quantitative estimate of drug-likeness (QED) is 0.746. The number of likely N-dealkylation sites (tertiary alicyclic amines) is 1. The van der Waals surface area contributed by atoms with Crippen molar-refractivity contribution in [3.8, 4) is 6.07 Å². The summed E-state index contributed by atoms with van der Waals surface area (Å²) in [5.74, 6) is 0. The maximum Gasteiger partial charge on any atom is 0.0978 e. The largest absolute Gasteiger partial charge is 0.288 e.